The second-order valence-corrected chi connectivity index (χ2v) is 7.38. The highest BCUT2D eigenvalue weighted by Crippen LogP contribution is 2.58. The molecule has 0 aliphatic heterocycles. The van der Waals surface area contributed by atoms with Crippen molar-refractivity contribution >= 4 is 28.2 Å². The fourth-order valence-corrected chi connectivity index (χ4v) is 4.63. The zero-order valence-electron chi connectivity index (χ0n) is 11.9. The van der Waals surface area contributed by atoms with Crippen molar-refractivity contribution < 1.29 is 14.7 Å². The molecule has 0 spiro atoms. The van der Waals surface area contributed by atoms with Crippen molar-refractivity contribution in [1.29, 1.82) is 5.26 Å². The molecule has 0 unspecified atom stereocenters. The number of anilines is 1. The van der Waals surface area contributed by atoms with Gasteiger partial charge in [-0.05, 0) is 30.2 Å². The molecule has 1 heterocycles. The maximum absolute atomic E-state index is 12.3. The van der Waals surface area contributed by atoms with Crippen LogP contribution in [0.15, 0.2) is 0 Å². The Morgan fingerprint density at radius 3 is 2.67 bits per heavy atom. The zero-order valence-corrected chi connectivity index (χ0v) is 12.7. The third kappa shape index (κ3) is 2.04. The van der Waals surface area contributed by atoms with Crippen molar-refractivity contribution in [3.8, 4) is 6.07 Å². The fraction of sp³-hybridized carbons (Fsp3) is 0.533. The van der Waals surface area contributed by atoms with Crippen LogP contribution in [0.3, 0.4) is 0 Å². The van der Waals surface area contributed by atoms with Crippen molar-refractivity contribution in [2.24, 2.45) is 17.3 Å². The topological polar surface area (TPSA) is 90.2 Å². The molecule has 1 aromatic rings. The van der Waals surface area contributed by atoms with E-state index in [0.29, 0.717) is 10.6 Å². The van der Waals surface area contributed by atoms with Gasteiger partial charge < -0.3 is 10.4 Å². The second kappa shape index (κ2) is 4.57. The first kappa shape index (κ1) is 14.1. The number of hydrogen-bond acceptors (Lipinski definition) is 4. The number of aliphatic carboxylic acids is 1. The minimum Gasteiger partial charge on any atom is -0.481 e. The Kier molecular flexibility index (Phi) is 3.06. The number of carboxylic acid groups (broad SMARTS) is 1. The predicted molar refractivity (Wildman–Crippen MR) is 78.1 cm³/mol. The molecule has 3 rings (SSSR count). The van der Waals surface area contributed by atoms with Gasteiger partial charge in [0.15, 0.2) is 0 Å². The highest BCUT2D eigenvalue weighted by atomic mass is 32.1. The lowest BCUT2D eigenvalue weighted by molar-refractivity contribution is -0.140. The molecule has 0 bridgehead atoms. The van der Waals surface area contributed by atoms with Gasteiger partial charge in [0, 0.05) is 4.88 Å². The minimum absolute atomic E-state index is 0.288. The summed E-state index contributed by atoms with van der Waals surface area (Å²) in [5, 5.41) is 21.8. The summed E-state index contributed by atoms with van der Waals surface area (Å²) in [6, 6.07) is 2.17. The standard InChI is InChI=1S/C15H16N2O3S/c1-15(2)10(11(15)14(19)20)12(18)17-13-8(6-16)7-4-3-5-9(7)21-13/h10-11H,3-5H2,1-2H3,(H,17,18)(H,19,20)/t10-,11-/m1/s1. The maximum Gasteiger partial charge on any atom is 0.307 e. The molecule has 1 saturated carbocycles. The molecular formula is C15H16N2O3S. The van der Waals surface area contributed by atoms with Crippen molar-refractivity contribution in [2.45, 2.75) is 33.1 Å². The van der Waals surface area contributed by atoms with E-state index in [-0.39, 0.29) is 5.91 Å². The van der Waals surface area contributed by atoms with Gasteiger partial charge in [-0.15, -0.1) is 11.3 Å². The average molecular weight is 304 g/mol. The highest BCUT2D eigenvalue weighted by molar-refractivity contribution is 7.16. The van der Waals surface area contributed by atoms with Gasteiger partial charge in [-0.25, -0.2) is 0 Å². The molecule has 6 heteroatoms. The van der Waals surface area contributed by atoms with Gasteiger partial charge in [-0.3, -0.25) is 9.59 Å². The number of hydrogen-bond donors (Lipinski definition) is 2. The van der Waals surface area contributed by atoms with E-state index < -0.39 is 23.2 Å². The van der Waals surface area contributed by atoms with E-state index >= 15 is 0 Å². The lowest BCUT2D eigenvalue weighted by Gasteiger charge is -2.05. The summed E-state index contributed by atoms with van der Waals surface area (Å²) in [5.74, 6) is -2.40. The molecule has 110 valence electrons. The van der Waals surface area contributed by atoms with Gasteiger partial charge in [-0.2, -0.15) is 5.26 Å². The van der Waals surface area contributed by atoms with Crippen LogP contribution in [0.5, 0.6) is 0 Å². The summed E-state index contributed by atoms with van der Waals surface area (Å²) >= 11 is 1.45. The maximum atomic E-state index is 12.3. The third-order valence-corrected chi connectivity index (χ3v) is 5.85. The molecule has 0 radical (unpaired) electrons. The van der Waals surface area contributed by atoms with E-state index in [1.807, 2.05) is 0 Å². The molecule has 0 aromatic carbocycles. The molecule has 2 N–H and O–H groups in total. The SMILES string of the molecule is CC1(C)[C@@H](C(=O)O)[C@@H]1C(=O)Nc1sc2c(c1C#N)CCC2. The molecule has 1 amide bonds. The van der Waals surface area contributed by atoms with Crippen LogP contribution in [0.2, 0.25) is 0 Å². The quantitative estimate of drug-likeness (QED) is 0.897. The van der Waals surface area contributed by atoms with Crippen LogP contribution in [-0.4, -0.2) is 17.0 Å². The summed E-state index contributed by atoms with van der Waals surface area (Å²) in [7, 11) is 0. The zero-order chi connectivity index (χ0) is 15.4. The highest BCUT2D eigenvalue weighted by Gasteiger charge is 2.66. The summed E-state index contributed by atoms with van der Waals surface area (Å²) in [6.07, 6.45) is 2.90. The van der Waals surface area contributed by atoms with Crippen molar-refractivity contribution in [3.05, 3.63) is 16.0 Å². The van der Waals surface area contributed by atoms with Gasteiger partial charge >= 0.3 is 5.97 Å². The Balaban J connectivity index is 1.81. The second-order valence-electron chi connectivity index (χ2n) is 6.28. The van der Waals surface area contributed by atoms with E-state index in [9.17, 15) is 14.9 Å². The molecule has 2 atom stereocenters. The first-order valence-corrected chi connectivity index (χ1v) is 7.78. The van der Waals surface area contributed by atoms with Crippen molar-refractivity contribution in [1.82, 2.24) is 0 Å². The Hall–Kier alpha value is -1.87. The van der Waals surface area contributed by atoms with Gasteiger partial charge in [0.25, 0.3) is 0 Å². The molecule has 21 heavy (non-hydrogen) atoms. The van der Waals surface area contributed by atoms with E-state index in [4.69, 9.17) is 5.11 Å². The first-order chi connectivity index (χ1) is 9.87. The summed E-state index contributed by atoms with van der Waals surface area (Å²) in [4.78, 5) is 24.6. The van der Waals surface area contributed by atoms with Crippen LogP contribution < -0.4 is 5.32 Å². The molecule has 2 aliphatic carbocycles. The fourth-order valence-electron chi connectivity index (χ4n) is 3.39. The molecule has 1 fully saturated rings. The van der Waals surface area contributed by atoms with Crippen LogP contribution in [-0.2, 0) is 22.4 Å². The number of nitrogens with one attached hydrogen (secondary N) is 1. The Bertz CT molecular complexity index is 684. The van der Waals surface area contributed by atoms with Gasteiger partial charge in [-0.1, -0.05) is 13.8 Å². The van der Waals surface area contributed by atoms with E-state index in [2.05, 4.69) is 11.4 Å². The van der Waals surface area contributed by atoms with Crippen LogP contribution in [0.25, 0.3) is 0 Å². The van der Waals surface area contributed by atoms with Crippen LogP contribution >= 0.6 is 11.3 Å². The summed E-state index contributed by atoms with van der Waals surface area (Å²) in [5.41, 5.74) is 1.09. The first-order valence-electron chi connectivity index (χ1n) is 6.96. The average Bonchev–Trinajstić information content (AvgIpc) is 2.72. The van der Waals surface area contributed by atoms with E-state index in [1.54, 1.807) is 13.8 Å². The predicted octanol–water partition coefficient (Wildman–Crippen LogP) is 2.40. The number of carbonyl (C=O) groups is 2. The summed E-state index contributed by atoms with van der Waals surface area (Å²) in [6.45, 7) is 3.57. The number of thiophene rings is 1. The largest absolute Gasteiger partial charge is 0.481 e. The number of carboxylic acids is 1. The van der Waals surface area contributed by atoms with Crippen molar-refractivity contribution in [2.75, 3.05) is 5.32 Å². The molecule has 0 saturated heterocycles. The molecule has 2 aliphatic rings. The molecule has 5 nitrogen and oxygen atoms in total. The molecular weight excluding hydrogens is 288 g/mol. The van der Waals surface area contributed by atoms with Gasteiger partial charge in [0.05, 0.1) is 17.4 Å². The normalized spacial score (nSPS) is 25.0. The van der Waals surface area contributed by atoms with Gasteiger partial charge in [0.2, 0.25) is 5.91 Å². The third-order valence-electron chi connectivity index (χ3n) is 4.65. The van der Waals surface area contributed by atoms with Crippen molar-refractivity contribution in [3.63, 3.8) is 0 Å². The van der Waals surface area contributed by atoms with E-state index in [1.165, 1.54) is 16.2 Å². The van der Waals surface area contributed by atoms with Gasteiger partial charge in [0.1, 0.15) is 11.1 Å². The van der Waals surface area contributed by atoms with E-state index in [0.717, 1.165) is 24.8 Å². The number of rotatable bonds is 3. The number of nitrogens with zero attached hydrogens (tertiary/aromatic N) is 1. The summed E-state index contributed by atoms with van der Waals surface area (Å²) < 4.78 is 0. The number of carbonyl (C=O) groups excluding carboxylic acids is 1. The van der Waals surface area contributed by atoms with Crippen LogP contribution in [0.1, 0.15) is 36.3 Å². The number of amides is 1. The lowest BCUT2D eigenvalue weighted by Crippen LogP contribution is -2.17. The lowest BCUT2D eigenvalue weighted by atomic mass is 10.1. The monoisotopic (exact) mass is 304 g/mol. The Morgan fingerprint density at radius 2 is 2.10 bits per heavy atom. The Morgan fingerprint density at radius 1 is 1.38 bits per heavy atom. The van der Waals surface area contributed by atoms with Crippen LogP contribution in [0.4, 0.5) is 5.00 Å². The number of nitriles is 1. The minimum atomic E-state index is -0.936. The smallest absolute Gasteiger partial charge is 0.307 e. The Labute approximate surface area is 126 Å². The number of fused-ring (bicyclic) bond motifs is 1. The number of aryl methyl sites for hydroxylation is 1. The molecule has 1 aromatic heterocycles. The van der Waals surface area contributed by atoms with Crippen LogP contribution in [0, 0.1) is 28.6 Å².